The highest BCUT2D eigenvalue weighted by molar-refractivity contribution is 7.89. The Morgan fingerprint density at radius 1 is 1.04 bits per heavy atom. The van der Waals surface area contributed by atoms with Gasteiger partial charge in [0.25, 0.3) is 0 Å². The summed E-state index contributed by atoms with van der Waals surface area (Å²) in [5, 5.41) is 0. The molecule has 0 aliphatic rings. The zero-order valence-corrected chi connectivity index (χ0v) is 13.5. The van der Waals surface area contributed by atoms with Gasteiger partial charge in [-0.25, -0.2) is 17.5 Å². The summed E-state index contributed by atoms with van der Waals surface area (Å²) in [6.45, 7) is 1.48. The van der Waals surface area contributed by atoms with Gasteiger partial charge in [0.05, 0.1) is 10.5 Å². The molecular formula is C16H15F4NO2S. The molecular weight excluding hydrogens is 346 g/mol. The van der Waals surface area contributed by atoms with Crippen LogP contribution >= 0.6 is 0 Å². The molecule has 24 heavy (non-hydrogen) atoms. The second-order valence-corrected chi connectivity index (χ2v) is 6.89. The summed E-state index contributed by atoms with van der Waals surface area (Å²) < 4.78 is 77.6. The van der Waals surface area contributed by atoms with Crippen LogP contribution in [0, 0.1) is 5.82 Å². The minimum absolute atomic E-state index is 0.00650. The highest BCUT2D eigenvalue weighted by atomic mass is 32.2. The first-order chi connectivity index (χ1) is 11.1. The number of hydrogen-bond donors (Lipinski definition) is 1. The van der Waals surface area contributed by atoms with Crippen molar-refractivity contribution in [3.8, 4) is 0 Å². The zero-order valence-electron chi connectivity index (χ0n) is 12.7. The molecule has 0 atom stereocenters. The number of rotatable bonds is 5. The van der Waals surface area contributed by atoms with Crippen molar-refractivity contribution in [2.75, 3.05) is 0 Å². The number of aryl methyl sites for hydroxylation is 1. The number of halogens is 4. The maximum absolute atomic E-state index is 13.7. The van der Waals surface area contributed by atoms with E-state index in [-0.39, 0.29) is 10.5 Å². The molecule has 0 saturated heterocycles. The van der Waals surface area contributed by atoms with E-state index < -0.39 is 34.1 Å². The van der Waals surface area contributed by atoms with Gasteiger partial charge in [-0.15, -0.1) is 0 Å². The molecule has 0 spiro atoms. The third kappa shape index (κ3) is 4.33. The topological polar surface area (TPSA) is 46.2 Å². The van der Waals surface area contributed by atoms with Crippen LogP contribution in [0.3, 0.4) is 0 Å². The van der Waals surface area contributed by atoms with Crippen LogP contribution in [-0.2, 0) is 29.2 Å². The summed E-state index contributed by atoms with van der Waals surface area (Å²) in [5.41, 5.74) is -0.332. The lowest BCUT2D eigenvalue weighted by Gasteiger charge is -2.11. The molecule has 0 saturated carbocycles. The van der Waals surface area contributed by atoms with Crippen molar-refractivity contribution in [1.29, 1.82) is 0 Å². The van der Waals surface area contributed by atoms with Crippen LogP contribution < -0.4 is 4.72 Å². The maximum atomic E-state index is 13.7. The lowest BCUT2D eigenvalue weighted by molar-refractivity contribution is -0.137. The predicted molar refractivity (Wildman–Crippen MR) is 81.2 cm³/mol. The van der Waals surface area contributed by atoms with Gasteiger partial charge in [-0.1, -0.05) is 25.1 Å². The van der Waals surface area contributed by atoms with Gasteiger partial charge in [0.1, 0.15) is 5.82 Å². The minimum atomic E-state index is -4.65. The van der Waals surface area contributed by atoms with Crippen molar-refractivity contribution in [3.05, 3.63) is 65.0 Å². The van der Waals surface area contributed by atoms with Crippen molar-refractivity contribution < 1.29 is 26.0 Å². The standard InChI is InChI=1S/C16H15F4NO2S/c1-2-11-3-7-14(8-4-11)24(22,23)21-10-12-5-6-13(9-15(12)17)16(18,19)20/h3-9,21H,2,10H2,1H3. The van der Waals surface area contributed by atoms with Gasteiger partial charge in [0, 0.05) is 12.1 Å². The average Bonchev–Trinajstić information content (AvgIpc) is 2.53. The van der Waals surface area contributed by atoms with Crippen LogP contribution in [-0.4, -0.2) is 8.42 Å². The molecule has 0 aromatic heterocycles. The van der Waals surface area contributed by atoms with Gasteiger partial charge in [0.15, 0.2) is 0 Å². The Morgan fingerprint density at radius 2 is 1.67 bits per heavy atom. The molecule has 0 fully saturated rings. The fourth-order valence-corrected chi connectivity index (χ4v) is 3.03. The number of sulfonamides is 1. The Hall–Kier alpha value is -1.93. The lowest BCUT2D eigenvalue weighted by atomic mass is 10.1. The molecule has 0 aliphatic heterocycles. The average molecular weight is 361 g/mol. The van der Waals surface area contributed by atoms with Gasteiger partial charge in [-0.3, -0.25) is 0 Å². The smallest absolute Gasteiger partial charge is 0.207 e. The van der Waals surface area contributed by atoms with Gasteiger partial charge in [0.2, 0.25) is 10.0 Å². The van der Waals surface area contributed by atoms with Gasteiger partial charge in [-0.05, 0) is 36.2 Å². The molecule has 0 amide bonds. The molecule has 3 nitrogen and oxygen atoms in total. The van der Waals surface area contributed by atoms with Crippen LogP contribution in [0.15, 0.2) is 47.4 Å². The van der Waals surface area contributed by atoms with Gasteiger partial charge in [-0.2, -0.15) is 13.2 Å². The third-order valence-corrected chi connectivity index (χ3v) is 4.89. The summed E-state index contributed by atoms with van der Waals surface area (Å²) in [4.78, 5) is 0.00650. The highest BCUT2D eigenvalue weighted by Crippen LogP contribution is 2.30. The van der Waals surface area contributed by atoms with E-state index in [1.165, 1.54) is 12.1 Å². The Kier molecular flexibility index (Phi) is 5.29. The van der Waals surface area contributed by atoms with E-state index in [0.29, 0.717) is 12.1 Å². The molecule has 0 bridgehead atoms. The van der Waals surface area contributed by atoms with Crippen LogP contribution in [0.25, 0.3) is 0 Å². The first-order valence-corrected chi connectivity index (χ1v) is 8.56. The maximum Gasteiger partial charge on any atom is 0.416 e. The lowest BCUT2D eigenvalue weighted by Crippen LogP contribution is -2.24. The fourth-order valence-electron chi connectivity index (χ4n) is 2.03. The molecule has 2 rings (SSSR count). The van der Waals surface area contributed by atoms with Crippen molar-refractivity contribution in [1.82, 2.24) is 4.72 Å². The SMILES string of the molecule is CCc1ccc(S(=O)(=O)NCc2ccc(C(F)(F)F)cc2F)cc1. The van der Waals surface area contributed by atoms with E-state index >= 15 is 0 Å². The van der Waals surface area contributed by atoms with Crippen molar-refractivity contribution in [2.24, 2.45) is 0 Å². The normalized spacial score (nSPS) is 12.4. The number of alkyl halides is 3. The van der Waals surface area contributed by atoms with Crippen LogP contribution in [0.4, 0.5) is 17.6 Å². The fraction of sp³-hybridized carbons (Fsp3) is 0.250. The minimum Gasteiger partial charge on any atom is -0.207 e. The first-order valence-electron chi connectivity index (χ1n) is 7.07. The molecule has 2 aromatic carbocycles. The molecule has 0 radical (unpaired) electrons. The Balaban J connectivity index is 2.14. The Morgan fingerprint density at radius 3 is 2.17 bits per heavy atom. The van der Waals surface area contributed by atoms with Crippen molar-refractivity contribution in [2.45, 2.75) is 31.0 Å². The third-order valence-electron chi connectivity index (χ3n) is 3.47. The van der Waals surface area contributed by atoms with Gasteiger partial charge >= 0.3 is 6.18 Å². The Labute approximate surface area is 137 Å². The van der Waals surface area contributed by atoms with Crippen molar-refractivity contribution in [3.63, 3.8) is 0 Å². The van der Waals surface area contributed by atoms with Gasteiger partial charge < -0.3 is 0 Å². The summed E-state index contributed by atoms with van der Waals surface area (Å²) in [7, 11) is -3.88. The molecule has 0 aliphatic carbocycles. The summed E-state index contributed by atoms with van der Waals surface area (Å²) in [5.74, 6) is -1.12. The second kappa shape index (κ2) is 6.90. The number of nitrogens with one attached hydrogen (secondary N) is 1. The van der Waals surface area contributed by atoms with E-state index in [0.717, 1.165) is 18.1 Å². The second-order valence-electron chi connectivity index (χ2n) is 5.13. The molecule has 0 unspecified atom stereocenters. The number of hydrogen-bond acceptors (Lipinski definition) is 2. The van der Waals surface area contributed by atoms with E-state index in [1.54, 1.807) is 12.1 Å². The predicted octanol–water partition coefficient (Wildman–Crippen LogP) is 3.89. The van der Waals surface area contributed by atoms with E-state index in [4.69, 9.17) is 0 Å². The van der Waals surface area contributed by atoms with E-state index in [2.05, 4.69) is 4.72 Å². The molecule has 2 aromatic rings. The van der Waals surface area contributed by atoms with E-state index in [9.17, 15) is 26.0 Å². The van der Waals surface area contributed by atoms with Crippen LogP contribution in [0.1, 0.15) is 23.6 Å². The summed E-state index contributed by atoms with van der Waals surface area (Å²) >= 11 is 0. The largest absolute Gasteiger partial charge is 0.416 e. The quantitative estimate of drug-likeness (QED) is 0.822. The molecule has 130 valence electrons. The molecule has 0 heterocycles. The van der Waals surface area contributed by atoms with Crippen molar-refractivity contribution >= 4 is 10.0 Å². The Bertz CT molecular complexity index is 815. The summed E-state index contributed by atoms with van der Waals surface area (Å²) in [6.07, 6.45) is -3.90. The molecule has 8 heteroatoms. The highest BCUT2D eigenvalue weighted by Gasteiger charge is 2.31. The van der Waals surface area contributed by atoms with Crippen LogP contribution in [0.2, 0.25) is 0 Å². The number of benzene rings is 2. The zero-order chi connectivity index (χ0) is 18.0. The molecule has 1 N–H and O–H groups in total. The monoisotopic (exact) mass is 361 g/mol. The van der Waals surface area contributed by atoms with E-state index in [1.807, 2.05) is 6.92 Å². The van der Waals surface area contributed by atoms with Crippen LogP contribution in [0.5, 0.6) is 0 Å². The first kappa shape index (κ1) is 18.4. The summed E-state index contributed by atoms with van der Waals surface area (Å²) in [6, 6.07) is 8.14.